The van der Waals surface area contributed by atoms with Crippen molar-refractivity contribution in [1.29, 1.82) is 0 Å². The van der Waals surface area contributed by atoms with Crippen molar-refractivity contribution in [3.05, 3.63) is 41.4 Å². The van der Waals surface area contributed by atoms with Crippen molar-refractivity contribution >= 4 is 34.6 Å². The lowest BCUT2D eigenvalue weighted by atomic mass is 10.2. The van der Waals surface area contributed by atoms with Crippen LogP contribution in [0, 0.1) is 0 Å². The topological polar surface area (TPSA) is 72.1 Å². The smallest absolute Gasteiger partial charge is 0.243 e. The number of methoxy groups -OCH3 is 2. The maximum Gasteiger partial charge on any atom is 0.243 e. The fraction of sp³-hybridized carbons (Fsp3) is 0.350. The van der Waals surface area contributed by atoms with Gasteiger partial charge in [0, 0.05) is 24.2 Å². The van der Waals surface area contributed by atoms with E-state index >= 15 is 0 Å². The van der Waals surface area contributed by atoms with E-state index in [1.165, 1.54) is 0 Å². The summed E-state index contributed by atoms with van der Waals surface area (Å²) in [5, 5.41) is 6.64. The van der Waals surface area contributed by atoms with Crippen LogP contribution in [-0.2, 0) is 9.53 Å². The van der Waals surface area contributed by atoms with E-state index in [4.69, 9.17) is 25.8 Å². The second-order valence-electron chi connectivity index (χ2n) is 6.23. The molecule has 1 heterocycles. The number of anilines is 3. The number of nitrogens with zero attached hydrogens (tertiary/aromatic N) is 1. The van der Waals surface area contributed by atoms with E-state index in [-0.39, 0.29) is 12.5 Å². The number of hydrogen-bond donors (Lipinski definition) is 2. The first-order valence-corrected chi connectivity index (χ1v) is 9.36. The molecule has 2 aromatic carbocycles. The van der Waals surface area contributed by atoms with E-state index in [1.807, 2.05) is 18.2 Å². The highest BCUT2D eigenvalue weighted by atomic mass is 35.5. The molecule has 3 rings (SSSR count). The average Bonchev–Trinajstić information content (AvgIpc) is 2.73. The number of benzene rings is 2. The Hall–Kier alpha value is -2.64. The number of amides is 1. The van der Waals surface area contributed by atoms with Crippen molar-refractivity contribution in [2.75, 3.05) is 62.6 Å². The fourth-order valence-electron chi connectivity index (χ4n) is 3.00. The van der Waals surface area contributed by atoms with Gasteiger partial charge in [0.05, 0.1) is 51.0 Å². The van der Waals surface area contributed by atoms with Crippen LogP contribution in [0.1, 0.15) is 0 Å². The summed E-state index contributed by atoms with van der Waals surface area (Å²) in [5.74, 6) is 0.989. The number of hydrogen-bond acceptors (Lipinski definition) is 6. The molecule has 0 aromatic heterocycles. The lowest BCUT2D eigenvalue weighted by Crippen LogP contribution is -2.36. The van der Waals surface area contributed by atoms with Gasteiger partial charge in [-0.2, -0.15) is 0 Å². The van der Waals surface area contributed by atoms with Gasteiger partial charge < -0.3 is 29.7 Å². The third-order valence-corrected chi connectivity index (χ3v) is 4.67. The lowest BCUT2D eigenvalue weighted by Gasteiger charge is -2.30. The highest BCUT2D eigenvalue weighted by Crippen LogP contribution is 2.31. The van der Waals surface area contributed by atoms with Crippen molar-refractivity contribution < 1.29 is 19.0 Å². The largest absolute Gasteiger partial charge is 0.497 e. The SMILES string of the molecule is COc1ccc(NC(=O)CNc2cc(Cl)ccc2N2CCOCC2)c(OC)c1. The predicted octanol–water partition coefficient (Wildman–Crippen LogP) is 3.24. The van der Waals surface area contributed by atoms with E-state index in [9.17, 15) is 4.79 Å². The summed E-state index contributed by atoms with van der Waals surface area (Å²) >= 11 is 6.16. The van der Waals surface area contributed by atoms with Crippen molar-refractivity contribution in [1.82, 2.24) is 0 Å². The molecule has 0 radical (unpaired) electrons. The zero-order valence-corrected chi connectivity index (χ0v) is 16.7. The third-order valence-electron chi connectivity index (χ3n) is 4.43. The van der Waals surface area contributed by atoms with Gasteiger partial charge in [0.2, 0.25) is 5.91 Å². The molecule has 0 bridgehead atoms. The van der Waals surface area contributed by atoms with Gasteiger partial charge in [-0.25, -0.2) is 0 Å². The summed E-state index contributed by atoms with van der Waals surface area (Å²) < 4.78 is 15.9. The molecule has 2 aromatic rings. The molecule has 0 unspecified atom stereocenters. The second-order valence-corrected chi connectivity index (χ2v) is 6.67. The molecule has 1 saturated heterocycles. The van der Waals surface area contributed by atoms with Crippen molar-refractivity contribution in [2.24, 2.45) is 0 Å². The average molecular weight is 406 g/mol. The van der Waals surface area contributed by atoms with E-state index in [1.54, 1.807) is 32.4 Å². The molecular weight excluding hydrogens is 382 g/mol. The maximum atomic E-state index is 12.5. The van der Waals surface area contributed by atoms with Crippen LogP contribution < -0.4 is 25.0 Å². The van der Waals surface area contributed by atoms with Crippen LogP contribution in [0.15, 0.2) is 36.4 Å². The Morgan fingerprint density at radius 2 is 1.89 bits per heavy atom. The van der Waals surface area contributed by atoms with E-state index < -0.39 is 0 Å². The molecule has 1 fully saturated rings. The molecule has 1 aliphatic heterocycles. The molecule has 1 aliphatic rings. The number of carbonyl (C=O) groups excluding carboxylic acids is 1. The van der Waals surface area contributed by atoms with Crippen LogP contribution >= 0.6 is 11.6 Å². The van der Waals surface area contributed by atoms with Crippen molar-refractivity contribution in [3.63, 3.8) is 0 Å². The van der Waals surface area contributed by atoms with Gasteiger partial charge in [-0.05, 0) is 30.3 Å². The zero-order chi connectivity index (χ0) is 19.9. The van der Waals surface area contributed by atoms with Crippen LogP contribution in [-0.4, -0.2) is 53.0 Å². The first-order chi connectivity index (χ1) is 13.6. The zero-order valence-electron chi connectivity index (χ0n) is 16.0. The number of carbonyl (C=O) groups is 1. The van der Waals surface area contributed by atoms with E-state index in [0.717, 1.165) is 24.5 Å². The minimum absolute atomic E-state index is 0.0901. The fourth-order valence-corrected chi connectivity index (χ4v) is 3.17. The Kier molecular flexibility index (Phi) is 6.84. The third kappa shape index (κ3) is 4.99. The Balaban J connectivity index is 1.67. The van der Waals surface area contributed by atoms with Crippen molar-refractivity contribution in [2.45, 2.75) is 0 Å². The number of nitrogens with one attached hydrogen (secondary N) is 2. The Morgan fingerprint density at radius 1 is 1.11 bits per heavy atom. The highest BCUT2D eigenvalue weighted by molar-refractivity contribution is 6.31. The minimum Gasteiger partial charge on any atom is -0.497 e. The molecule has 0 atom stereocenters. The summed E-state index contributed by atoms with van der Waals surface area (Å²) in [6.45, 7) is 3.05. The predicted molar refractivity (Wildman–Crippen MR) is 111 cm³/mol. The van der Waals surface area contributed by atoms with Gasteiger partial charge in [0.25, 0.3) is 0 Å². The van der Waals surface area contributed by atoms with Crippen molar-refractivity contribution in [3.8, 4) is 11.5 Å². The number of ether oxygens (including phenoxy) is 3. The summed E-state index contributed by atoms with van der Waals surface area (Å²) in [6.07, 6.45) is 0. The lowest BCUT2D eigenvalue weighted by molar-refractivity contribution is -0.114. The minimum atomic E-state index is -0.198. The summed E-state index contributed by atoms with van der Waals surface area (Å²) in [4.78, 5) is 14.7. The van der Waals surface area contributed by atoms with Gasteiger partial charge in [0.1, 0.15) is 11.5 Å². The Morgan fingerprint density at radius 3 is 2.61 bits per heavy atom. The standard InChI is InChI=1S/C20H24ClN3O4/c1-26-15-4-5-16(19(12-15)27-2)23-20(25)13-22-17-11-14(21)3-6-18(17)24-7-9-28-10-8-24/h3-6,11-12,22H,7-10,13H2,1-2H3,(H,23,25). The number of rotatable bonds is 7. The number of morpholine rings is 1. The molecule has 150 valence electrons. The Labute approximate surface area is 169 Å². The summed E-state index contributed by atoms with van der Waals surface area (Å²) in [5.41, 5.74) is 2.39. The van der Waals surface area contributed by atoms with Crippen LogP contribution in [0.5, 0.6) is 11.5 Å². The van der Waals surface area contributed by atoms with Gasteiger partial charge in [-0.1, -0.05) is 11.6 Å². The van der Waals surface area contributed by atoms with E-state index in [0.29, 0.717) is 35.4 Å². The molecular formula is C20H24ClN3O4. The summed E-state index contributed by atoms with van der Waals surface area (Å²) in [6, 6.07) is 10.9. The molecule has 28 heavy (non-hydrogen) atoms. The highest BCUT2D eigenvalue weighted by Gasteiger charge is 2.16. The first kappa shape index (κ1) is 20.1. The van der Waals surface area contributed by atoms with E-state index in [2.05, 4.69) is 15.5 Å². The molecule has 7 nitrogen and oxygen atoms in total. The summed E-state index contributed by atoms with van der Waals surface area (Å²) in [7, 11) is 3.12. The quantitative estimate of drug-likeness (QED) is 0.736. The second kappa shape index (κ2) is 9.52. The first-order valence-electron chi connectivity index (χ1n) is 8.98. The molecule has 1 amide bonds. The molecule has 0 saturated carbocycles. The molecule has 8 heteroatoms. The Bertz CT molecular complexity index is 825. The number of halogens is 1. The molecule has 0 aliphatic carbocycles. The monoisotopic (exact) mass is 405 g/mol. The van der Waals surface area contributed by atoms with Gasteiger partial charge in [-0.15, -0.1) is 0 Å². The molecule has 0 spiro atoms. The van der Waals surface area contributed by atoms with Gasteiger partial charge in [0.15, 0.2) is 0 Å². The van der Waals surface area contributed by atoms with Gasteiger partial charge >= 0.3 is 0 Å². The van der Waals surface area contributed by atoms with Crippen LogP contribution in [0.4, 0.5) is 17.1 Å². The van der Waals surface area contributed by atoms with Crippen LogP contribution in [0.2, 0.25) is 5.02 Å². The maximum absolute atomic E-state index is 12.5. The van der Waals surface area contributed by atoms with Gasteiger partial charge in [-0.3, -0.25) is 4.79 Å². The van der Waals surface area contributed by atoms with Crippen LogP contribution in [0.3, 0.4) is 0 Å². The molecule has 2 N–H and O–H groups in total. The normalized spacial score (nSPS) is 13.8. The van der Waals surface area contributed by atoms with Crippen LogP contribution in [0.25, 0.3) is 0 Å².